The van der Waals surface area contributed by atoms with Gasteiger partial charge in [-0.3, -0.25) is 15.5 Å². The summed E-state index contributed by atoms with van der Waals surface area (Å²) in [6.07, 6.45) is 3.03. The number of hydrogen-bond donors (Lipinski definition) is 1. The predicted molar refractivity (Wildman–Crippen MR) is 92.6 cm³/mol. The van der Waals surface area contributed by atoms with E-state index in [9.17, 15) is 10.1 Å². The maximum atomic E-state index is 11.0. The molecule has 0 saturated heterocycles. The van der Waals surface area contributed by atoms with Gasteiger partial charge in [-0.2, -0.15) is 5.10 Å². The molecule has 0 bridgehead atoms. The molecule has 0 spiro atoms. The molecule has 3 aromatic rings. The number of pyridine rings is 1. The molecule has 0 fully saturated rings. The lowest BCUT2D eigenvalue weighted by Gasteiger charge is -2.08. The third-order valence-corrected chi connectivity index (χ3v) is 3.50. The van der Waals surface area contributed by atoms with E-state index in [1.807, 2.05) is 36.4 Å². The van der Waals surface area contributed by atoms with Gasteiger partial charge in [-0.1, -0.05) is 30.3 Å². The number of anilines is 1. The topological polar surface area (TPSA) is 89.7 Å². The third kappa shape index (κ3) is 3.00. The summed E-state index contributed by atoms with van der Waals surface area (Å²) < 4.78 is 5.38. The van der Waals surface area contributed by atoms with Crippen LogP contribution in [-0.2, 0) is 0 Å². The van der Waals surface area contributed by atoms with Gasteiger partial charge in [-0.05, 0) is 22.9 Å². The van der Waals surface area contributed by atoms with Crippen molar-refractivity contribution < 1.29 is 9.66 Å². The zero-order valence-corrected chi connectivity index (χ0v) is 12.8. The van der Waals surface area contributed by atoms with Crippen molar-refractivity contribution in [1.29, 1.82) is 0 Å². The van der Waals surface area contributed by atoms with E-state index in [2.05, 4.69) is 15.5 Å². The number of nitrogens with one attached hydrogen (secondary N) is 1. The first-order valence-electron chi connectivity index (χ1n) is 7.15. The number of fused-ring (bicyclic) bond motifs is 1. The number of benzene rings is 2. The number of ether oxygens (including phenoxy) is 1. The number of nitro groups is 1. The Balaban J connectivity index is 1.95. The molecule has 0 aliphatic heterocycles. The standard InChI is InChI=1S/C17H14N4O3/c1-24-16-9-8-12-5-2-3-6-13(12)14(16)11-19-20-17-15(21(22)23)7-4-10-18-17/h2-11H,1H3,(H,18,20)/b19-11+. The van der Waals surface area contributed by atoms with E-state index in [4.69, 9.17) is 4.74 Å². The summed E-state index contributed by atoms with van der Waals surface area (Å²) in [5.74, 6) is 0.743. The summed E-state index contributed by atoms with van der Waals surface area (Å²) in [4.78, 5) is 14.4. The fourth-order valence-corrected chi connectivity index (χ4v) is 2.38. The average molecular weight is 322 g/mol. The highest BCUT2D eigenvalue weighted by atomic mass is 16.6. The monoisotopic (exact) mass is 322 g/mol. The quantitative estimate of drug-likeness (QED) is 0.440. The summed E-state index contributed by atoms with van der Waals surface area (Å²) in [6, 6.07) is 14.5. The summed E-state index contributed by atoms with van der Waals surface area (Å²) in [5.41, 5.74) is 3.26. The molecular formula is C17H14N4O3. The predicted octanol–water partition coefficient (Wildman–Crippen LogP) is 3.60. The Labute approximate surface area is 137 Å². The summed E-state index contributed by atoms with van der Waals surface area (Å²) in [7, 11) is 1.58. The zero-order valence-electron chi connectivity index (χ0n) is 12.8. The van der Waals surface area contributed by atoms with Crippen LogP contribution in [-0.4, -0.2) is 23.2 Å². The molecule has 0 amide bonds. The van der Waals surface area contributed by atoms with Gasteiger partial charge < -0.3 is 4.74 Å². The normalized spacial score (nSPS) is 10.9. The van der Waals surface area contributed by atoms with Gasteiger partial charge in [0.15, 0.2) is 0 Å². The third-order valence-electron chi connectivity index (χ3n) is 3.50. The van der Waals surface area contributed by atoms with Crippen LogP contribution in [0.5, 0.6) is 5.75 Å². The SMILES string of the molecule is COc1ccc2ccccc2c1/C=N/Nc1ncccc1[N+](=O)[O-]. The Morgan fingerprint density at radius 1 is 1.21 bits per heavy atom. The van der Waals surface area contributed by atoms with E-state index in [-0.39, 0.29) is 11.5 Å². The van der Waals surface area contributed by atoms with Gasteiger partial charge in [0.1, 0.15) is 5.75 Å². The molecule has 7 heteroatoms. The van der Waals surface area contributed by atoms with Gasteiger partial charge in [0, 0.05) is 17.8 Å². The first-order valence-corrected chi connectivity index (χ1v) is 7.15. The molecule has 0 saturated carbocycles. The Hall–Kier alpha value is -3.48. The number of aromatic nitrogens is 1. The van der Waals surface area contributed by atoms with Crippen LogP contribution < -0.4 is 10.2 Å². The molecule has 0 atom stereocenters. The minimum Gasteiger partial charge on any atom is -0.496 e. The van der Waals surface area contributed by atoms with Crippen LogP contribution in [0.1, 0.15) is 5.56 Å². The Morgan fingerprint density at radius 3 is 2.83 bits per heavy atom. The molecule has 0 radical (unpaired) electrons. The molecule has 0 aliphatic rings. The van der Waals surface area contributed by atoms with Gasteiger partial charge in [0.2, 0.25) is 5.82 Å². The van der Waals surface area contributed by atoms with Crippen LogP contribution in [0.2, 0.25) is 0 Å². The van der Waals surface area contributed by atoms with Crippen LogP contribution in [0.4, 0.5) is 11.5 Å². The minimum atomic E-state index is -0.511. The van der Waals surface area contributed by atoms with Crippen molar-refractivity contribution in [2.24, 2.45) is 5.10 Å². The van der Waals surface area contributed by atoms with Crippen molar-refractivity contribution in [3.05, 3.63) is 70.4 Å². The minimum absolute atomic E-state index is 0.0814. The summed E-state index contributed by atoms with van der Waals surface area (Å²) >= 11 is 0. The second kappa shape index (κ2) is 6.74. The number of nitrogens with zero attached hydrogens (tertiary/aromatic N) is 3. The smallest absolute Gasteiger partial charge is 0.313 e. The number of hydrazone groups is 1. The van der Waals surface area contributed by atoms with Gasteiger partial charge in [0.05, 0.1) is 18.2 Å². The molecule has 1 N–H and O–H groups in total. The lowest BCUT2D eigenvalue weighted by Crippen LogP contribution is -2.00. The maximum Gasteiger partial charge on any atom is 0.313 e. The molecule has 3 rings (SSSR count). The second-order valence-electron chi connectivity index (χ2n) is 4.90. The highest BCUT2D eigenvalue weighted by Crippen LogP contribution is 2.26. The van der Waals surface area contributed by atoms with E-state index < -0.39 is 4.92 Å². The van der Waals surface area contributed by atoms with Crippen LogP contribution in [0.25, 0.3) is 10.8 Å². The molecule has 0 aliphatic carbocycles. The molecule has 2 aromatic carbocycles. The van der Waals surface area contributed by atoms with Gasteiger partial charge >= 0.3 is 5.69 Å². The number of rotatable bonds is 5. The average Bonchev–Trinajstić information content (AvgIpc) is 2.62. The zero-order chi connectivity index (χ0) is 16.9. The highest BCUT2D eigenvalue weighted by molar-refractivity contribution is 6.02. The second-order valence-corrected chi connectivity index (χ2v) is 4.90. The number of hydrogen-bond acceptors (Lipinski definition) is 6. The number of methoxy groups -OCH3 is 1. The van der Waals surface area contributed by atoms with Crippen LogP contribution in [0.15, 0.2) is 59.8 Å². The largest absolute Gasteiger partial charge is 0.496 e. The van der Waals surface area contributed by atoms with Gasteiger partial charge in [0.25, 0.3) is 0 Å². The van der Waals surface area contributed by atoms with Crippen molar-refractivity contribution in [2.45, 2.75) is 0 Å². The van der Waals surface area contributed by atoms with Crippen LogP contribution >= 0.6 is 0 Å². The molecule has 1 heterocycles. The van der Waals surface area contributed by atoms with E-state index in [0.717, 1.165) is 16.3 Å². The van der Waals surface area contributed by atoms with Crippen molar-refractivity contribution in [3.63, 3.8) is 0 Å². The first-order chi connectivity index (χ1) is 11.7. The van der Waals surface area contributed by atoms with Crippen molar-refractivity contribution in [2.75, 3.05) is 12.5 Å². The van der Waals surface area contributed by atoms with E-state index in [0.29, 0.717) is 5.75 Å². The van der Waals surface area contributed by atoms with Crippen LogP contribution in [0, 0.1) is 10.1 Å². The summed E-state index contributed by atoms with van der Waals surface area (Å²) in [5, 5.41) is 17.1. The lowest BCUT2D eigenvalue weighted by molar-refractivity contribution is -0.384. The fourth-order valence-electron chi connectivity index (χ4n) is 2.38. The lowest BCUT2D eigenvalue weighted by atomic mass is 10.0. The van der Waals surface area contributed by atoms with Crippen molar-refractivity contribution in [3.8, 4) is 5.75 Å². The summed E-state index contributed by atoms with van der Waals surface area (Å²) in [6.45, 7) is 0. The molecule has 120 valence electrons. The van der Waals surface area contributed by atoms with Crippen molar-refractivity contribution in [1.82, 2.24) is 4.98 Å². The first kappa shape index (κ1) is 15.4. The Morgan fingerprint density at radius 2 is 2.04 bits per heavy atom. The van der Waals surface area contributed by atoms with Crippen molar-refractivity contribution >= 4 is 28.5 Å². The Kier molecular flexibility index (Phi) is 4.33. The molecule has 0 unspecified atom stereocenters. The fraction of sp³-hybridized carbons (Fsp3) is 0.0588. The van der Waals surface area contributed by atoms with Gasteiger partial charge in [-0.15, -0.1) is 0 Å². The maximum absolute atomic E-state index is 11.0. The molecule has 7 nitrogen and oxygen atoms in total. The Bertz CT molecular complexity index is 925. The van der Waals surface area contributed by atoms with Crippen LogP contribution in [0.3, 0.4) is 0 Å². The van der Waals surface area contributed by atoms with Gasteiger partial charge in [-0.25, -0.2) is 4.98 Å². The van der Waals surface area contributed by atoms with E-state index in [1.165, 1.54) is 18.3 Å². The molecule has 1 aromatic heterocycles. The van der Waals surface area contributed by atoms with E-state index in [1.54, 1.807) is 13.3 Å². The van der Waals surface area contributed by atoms with E-state index >= 15 is 0 Å². The molecular weight excluding hydrogens is 308 g/mol. The highest BCUT2D eigenvalue weighted by Gasteiger charge is 2.13. The molecule has 24 heavy (non-hydrogen) atoms.